The summed E-state index contributed by atoms with van der Waals surface area (Å²) in [6.45, 7) is 4.31. The molecule has 1 heterocycles. The summed E-state index contributed by atoms with van der Waals surface area (Å²) in [6, 6.07) is 4.05. The van der Waals surface area contributed by atoms with E-state index in [1.807, 2.05) is 18.3 Å². The Kier molecular flexibility index (Phi) is 6.33. The first-order valence-corrected chi connectivity index (χ1v) is 5.31. The van der Waals surface area contributed by atoms with Crippen molar-refractivity contribution in [1.29, 1.82) is 0 Å². The summed E-state index contributed by atoms with van der Waals surface area (Å²) in [5.41, 5.74) is 7.15. The zero-order chi connectivity index (χ0) is 9.84. The summed E-state index contributed by atoms with van der Waals surface area (Å²) < 4.78 is 0.854. The third kappa shape index (κ3) is 3.56. The smallest absolute Gasteiger partial charge is 0.106 e. The van der Waals surface area contributed by atoms with Crippen molar-refractivity contribution in [3.05, 3.63) is 28.5 Å². The van der Waals surface area contributed by atoms with Crippen molar-refractivity contribution in [2.75, 3.05) is 0 Å². The maximum atomic E-state index is 6.04. The van der Waals surface area contributed by atoms with Gasteiger partial charge in [0.05, 0.1) is 0 Å². The Hall–Kier alpha value is -0.120. The standard InChI is InChI=1S/C10H15BrN2.ClH/c1-3-7(2)10(12)8-4-5-9(11)13-6-8;/h4-7,10H,3,12H2,1-2H3;1H/t7?,10-;/m0./s1. The number of nitrogens with zero attached hydrogens (tertiary/aromatic N) is 1. The molecule has 14 heavy (non-hydrogen) atoms. The second kappa shape index (κ2) is 6.38. The second-order valence-corrected chi connectivity index (χ2v) is 4.14. The highest BCUT2D eigenvalue weighted by atomic mass is 79.9. The summed E-state index contributed by atoms with van der Waals surface area (Å²) in [5, 5.41) is 0. The van der Waals surface area contributed by atoms with Crippen molar-refractivity contribution < 1.29 is 0 Å². The van der Waals surface area contributed by atoms with Gasteiger partial charge in [-0.05, 0) is 33.5 Å². The molecule has 0 fully saturated rings. The predicted octanol–water partition coefficient (Wildman–Crippen LogP) is 3.31. The number of aromatic nitrogens is 1. The van der Waals surface area contributed by atoms with Gasteiger partial charge in [0.15, 0.2) is 0 Å². The molecule has 1 aromatic rings. The van der Waals surface area contributed by atoms with E-state index in [9.17, 15) is 0 Å². The van der Waals surface area contributed by atoms with E-state index in [0.29, 0.717) is 5.92 Å². The van der Waals surface area contributed by atoms with Crippen LogP contribution in [0.15, 0.2) is 22.9 Å². The van der Waals surface area contributed by atoms with Gasteiger partial charge in [0.25, 0.3) is 0 Å². The van der Waals surface area contributed by atoms with Crippen molar-refractivity contribution in [2.24, 2.45) is 11.7 Å². The molecule has 0 saturated heterocycles. The molecule has 80 valence electrons. The lowest BCUT2D eigenvalue weighted by Crippen LogP contribution is -2.18. The van der Waals surface area contributed by atoms with E-state index in [0.717, 1.165) is 16.6 Å². The van der Waals surface area contributed by atoms with Crippen molar-refractivity contribution >= 4 is 28.3 Å². The van der Waals surface area contributed by atoms with Crippen molar-refractivity contribution in [3.63, 3.8) is 0 Å². The monoisotopic (exact) mass is 278 g/mol. The fraction of sp³-hybridized carbons (Fsp3) is 0.500. The maximum absolute atomic E-state index is 6.04. The van der Waals surface area contributed by atoms with Gasteiger partial charge in [0, 0.05) is 12.2 Å². The number of rotatable bonds is 3. The lowest BCUT2D eigenvalue weighted by Gasteiger charge is -2.17. The molecule has 0 amide bonds. The van der Waals surface area contributed by atoms with E-state index in [4.69, 9.17) is 5.73 Å². The van der Waals surface area contributed by atoms with Crippen molar-refractivity contribution in [2.45, 2.75) is 26.3 Å². The summed E-state index contributed by atoms with van der Waals surface area (Å²) in [5.74, 6) is 0.503. The second-order valence-electron chi connectivity index (χ2n) is 3.33. The van der Waals surface area contributed by atoms with Crippen LogP contribution in [0.1, 0.15) is 31.9 Å². The lowest BCUT2D eigenvalue weighted by atomic mass is 9.95. The Morgan fingerprint density at radius 3 is 2.57 bits per heavy atom. The highest BCUT2D eigenvalue weighted by molar-refractivity contribution is 9.10. The van der Waals surface area contributed by atoms with Gasteiger partial charge in [0.2, 0.25) is 0 Å². The molecule has 0 bridgehead atoms. The van der Waals surface area contributed by atoms with Gasteiger partial charge >= 0.3 is 0 Å². The molecule has 0 aromatic carbocycles. The normalized spacial score (nSPS) is 14.3. The Labute approximate surface area is 99.8 Å². The molecule has 4 heteroatoms. The van der Waals surface area contributed by atoms with Gasteiger partial charge in [-0.25, -0.2) is 4.98 Å². The van der Waals surface area contributed by atoms with E-state index in [1.165, 1.54) is 0 Å². The first kappa shape index (κ1) is 13.9. The number of hydrogen-bond donors (Lipinski definition) is 1. The highest BCUT2D eigenvalue weighted by Crippen LogP contribution is 2.21. The first-order chi connectivity index (χ1) is 6.15. The average molecular weight is 280 g/mol. The lowest BCUT2D eigenvalue weighted by molar-refractivity contribution is 0.456. The van der Waals surface area contributed by atoms with E-state index in [-0.39, 0.29) is 18.4 Å². The average Bonchev–Trinajstić information content (AvgIpc) is 2.17. The Morgan fingerprint density at radius 2 is 2.14 bits per heavy atom. The Bertz CT molecular complexity index is 263. The zero-order valence-corrected chi connectivity index (χ0v) is 10.8. The molecule has 0 aliphatic heterocycles. The Morgan fingerprint density at radius 1 is 1.50 bits per heavy atom. The maximum Gasteiger partial charge on any atom is 0.106 e. The molecular weight excluding hydrogens is 263 g/mol. The fourth-order valence-corrected chi connectivity index (χ4v) is 1.40. The van der Waals surface area contributed by atoms with Crippen LogP contribution in [0.4, 0.5) is 0 Å². The summed E-state index contributed by atoms with van der Waals surface area (Å²) in [7, 11) is 0. The number of halogens is 2. The molecule has 1 unspecified atom stereocenters. The molecule has 0 aliphatic carbocycles. The highest BCUT2D eigenvalue weighted by Gasteiger charge is 2.12. The molecule has 1 aromatic heterocycles. The van der Waals surface area contributed by atoms with Gasteiger partial charge in [0.1, 0.15) is 4.60 Å². The molecule has 1 rings (SSSR count). The fourth-order valence-electron chi connectivity index (χ4n) is 1.17. The number of pyridine rings is 1. The van der Waals surface area contributed by atoms with Crippen LogP contribution in [0.5, 0.6) is 0 Å². The molecule has 2 N–H and O–H groups in total. The van der Waals surface area contributed by atoms with E-state index >= 15 is 0 Å². The topological polar surface area (TPSA) is 38.9 Å². The van der Waals surface area contributed by atoms with Crippen LogP contribution in [0, 0.1) is 5.92 Å². The minimum absolute atomic E-state index is 0. The molecule has 0 radical (unpaired) electrons. The molecule has 2 atom stereocenters. The third-order valence-corrected chi connectivity index (χ3v) is 2.86. The minimum atomic E-state index is 0. The van der Waals surface area contributed by atoms with Crippen LogP contribution < -0.4 is 5.73 Å². The van der Waals surface area contributed by atoms with Gasteiger partial charge < -0.3 is 5.73 Å². The van der Waals surface area contributed by atoms with Gasteiger partial charge in [-0.2, -0.15) is 0 Å². The van der Waals surface area contributed by atoms with Gasteiger partial charge in [-0.15, -0.1) is 12.4 Å². The predicted molar refractivity (Wildman–Crippen MR) is 65.6 cm³/mol. The Balaban J connectivity index is 0.00000169. The molecular formula is C10H16BrClN2. The summed E-state index contributed by atoms with van der Waals surface area (Å²) in [6.07, 6.45) is 2.93. The van der Waals surface area contributed by atoms with Crippen LogP contribution in [-0.2, 0) is 0 Å². The zero-order valence-electron chi connectivity index (χ0n) is 8.40. The van der Waals surface area contributed by atoms with Crippen molar-refractivity contribution in [1.82, 2.24) is 4.98 Å². The van der Waals surface area contributed by atoms with Crippen LogP contribution in [0.3, 0.4) is 0 Å². The molecule has 0 aliphatic rings. The van der Waals surface area contributed by atoms with Crippen molar-refractivity contribution in [3.8, 4) is 0 Å². The largest absolute Gasteiger partial charge is 0.324 e. The summed E-state index contributed by atoms with van der Waals surface area (Å²) in [4.78, 5) is 4.15. The number of hydrogen-bond acceptors (Lipinski definition) is 2. The van der Waals surface area contributed by atoms with Gasteiger partial charge in [-0.3, -0.25) is 0 Å². The first-order valence-electron chi connectivity index (χ1n) is 4.52. The molecule has 0 spiro atoms. The van der Waals surface area contributed by atoms with Gasteiger partial charge in [-0.1, -0.05) is 26.3 Å². The van der Waals surface area contributed by atoms with Crippen LogP contribution in [0.2, 0.25) is 0 Å². The van der Waals surface area contributed by atoms with Crippen LogP contribution in [0.25, 0.3) is 0 Å². The number of nitrogens with two attached hydrogens (primary N) is 1. The van der Waals surface area contributed by atoms with E-state index < -0.39 is 0 Å². The third-order valence-electron chi connectivity index (χ3n) is 2.39. The SMILES string of the molecule is CCC(C)[C@H](N)c1ccc(Br)nc1.Cl. The quantitative estimate of drug-likeness (QED) is 0.862. The molecule has 0 saturated carbocycles. The van der Waals surface area contributed by atoms with Crippen LogP contribution >= 0.6 is 28.3 Å². The van der Waals surface area contributed by atoms with E-state index in [1.54, 1.807) is 0 Å². The minimum Gasteiger partial charge on any atom is -0.324 e. The van der Waals surface area contributed by atoms with E-state index in [2.05, 4.69) is 34.8 Å². The van der Waals surface area contributed by atoms with Crippen LogP contribution in [-0.4, -0.2) is 4.98 Å². The summed E-state index contributed by atoms with van der Waals surface area (Å²) >= 11 is 3.30. The molecule has 2 nitrogen and oxygen atoms in total.